The van der Waals surface area contributed by atoms with Crippen LogP contribution in [0.3, 0.4) is 0 Å². The fraction of sp³-hybridized carbons (Fsp3) is 1.00. The summed E-state index contributed by atoms with van der Waals surface area (Å²) in [6.07, 6.45) is 0. The van der Waals surface area contributed by atoms with Gasteiger partial charge in [0.15, 0.2) is 0 Å². The molecule has 116 valence electrons. The van der Waals surface area contributed by atoms with Crippen molar-refractivity contribution >= 4 is 0 Å². The second kappa shape index (κ2) is 9.47. The Bertz CT molecular complexity index is 237. The van der Waals surface area contributed by atoms with Gasteiger partial charge in [0.25, 0.3) is 0 Å². The first-order chi connectivity index (χ1) is 8.79. The second-order valence-corrected chi connectivity index (χ2v) is 7.07. The molecule has 1 aliphatic rings. The van der Waals surface area contributed by atoms with Crippen molar-refractivity contribution in [1.29, 1.82) is 0 Å². The van der Waals surface area contributed by atoms with Gasteiger partial charge in [-0.15, -0.1) is 0 Å². The van der Waals surface area contributed by atoms with E-state index in [9.17, 15) is 0 Å². The van der Waals surface area contributed by atoms with Crippen LogP contribution in [0.15, 0.2) is 0 Å². The molecule has 0 amide bonds. The van der Waals surface area contributed by atoms with Crippen LogP contribution in [-0.4, -0.2) is 98.6 Å². The van der Waals surface area contributed by atoms with E-state index in [-0.39, 0.29) is 25.0 Å². The van der Waals surface area contributed by atoms with E-state index in [0.717, 1.165) is 39.3 Å². The van der Waals surface area contributed by atoms with Crippen molar-refractivity contribution in [2.75, 3.05) is 73.5 Å². The van der Waals surface area contributed by atoms with Crippen LogP contribution in [-0.2, 0) is 19.5 Å². The molecule has 1 fully saturated rings. The van der Waals surface area contributed by atoms with Gasteiger partial charge in [0.05, 0.1) is 0 Å². The van der Waals surface area contributed by atoms with Gasteiger partial charge in [-0.25, -0.2) is 0 Å². The maximum Gasteiger partial charge on any atom is 0.0126 e. The maximum atomic E-state index is 2.62. The van der Waals surface area contributed by atoms with Gasteiger partial charge < -0.3 is 14.7 Å². The normalized spacial score (nSPS) is 23.7. The zero-order valence-electron chi connectivity index (χ0n) is 14.7. The van der Waals surface area contributed by atoms with E-state index in [1.54, 1.807) is 0 Å². The summed E-state index contributed by atoms with van der Waals surface area (Å²) in [6.45, 7) is 16.3. The summed E-state index contributed by atoms with van der Waals surface area (Å²) in [5, 5.41) is 0. The van der Waals surface area contributed by atoms with Crippen LogP contribution in [0.4, 0.5) is 0 Å². The molecule has 1 rings (SSSR count). The van der Waals surface area contributed by atoms with E-state index < -0.39 is 0 Å². The minimum Gasteiger partial charge on any atom is -0.304 e. The summed E-state index contributed by atoms with van der Waals surface area (Å²) in [5.41, 5.74) is 0.266. The first kappa shape index (κ1) is 20.5. The van der Waals surface area contributed by atoms with Crippen molar-refractivity contribution < 1.29 is 19.5 Å². The van der Waals surface area contributed by atoms with E-state index in [1.165, 1.54) is 13.1 Å². The van der Waals surface area contributed by atoms with Crippen molar-refractivity contribution in [3.8, 4) is 0 Å². The van der Waals surface area contributed by atoms with Crippen LogP contribution in [0.25, 0.3) is 0 Å². The predicted octanol–water partition coefficient (Wildman–Crippen LogP) is 0.893. The van der Waals surface area contributed by atoms with Crippen LogP contribution >= 0.6 is 0 Å². The first-order valence-corrected chi connectivity index (χ1v) is 7.60. The molecule has 0 radical (unpaired) electrons. The quantitative estimate of drug-likeness (QED) is 0.610. The smallest absolute Gasteiger partial charge is 0.0126 e. The van der Waals surface area contributed by atoms with Gasteiger partial charge in [0, 0.05) is 77.4 Å². The third kappa shape index (κ3) is 8.04. The molecule has 0 aliphatic carbocycles. The number of hydrogen-bond acceptors (Lipinski definition) is 4. The summed E-state index contributed by atoms with van der Waals surface area (Å²) in [5.74, 6) is 0. The molecule has 0 bridgehead atoms. The fourth-order valence-electron chi connectivity index (χ4n) is 2.38. The summed E-state index contributed by atoms with van der Waals surface area (Å²) < 4.78 is 0. The molecule has 0 aromatic heterocycles. The van der Waals surface area contributed by atoms with Gasteiger partial charge in [-0.3, -0.25) is 4.90 Å². The number of likely N-dealkylation sites (N-methyl/N-ethyl adjacent to an activating group) is 3. The Kier molecular flexibility index (Phi) is 9.69. The molecule has 0 atom stereocenters. The number of rotatable bonds is 0. The van der Waals surface area contributed by atoms with Crippen molar-refractivity contribution in [2.24, 2.45) is 0 Å². The monoisotopic (exact) mass is 334 g/mol. The Hall–Kier alpha value is 0.463. The molecular formula is C15H34N4Zn. The Morgan fingerprint density at radius 3 is 1.05 bits per heavy atom. The molecule has 0 saturated carbocycles. The van der Waals surface area contributed by atoms with Crippen LogP contribution in [0.5, 0.6) is 0 Å². The van der Waals surface area contributed by atoms with Crippen molar-refractivity contribution in [2.45, 2.75) is 26.3 Å². The molecule has 1 saturated heterocycles. The first-order valence-electron chi connectivity index (χ1n) is 7.60. The van der Waals surface area contributed by atoms with Crippen molar-refractivity contribution in [3.63, 3.8) is 0 Å². The molecule has 0 N–H and O–H groups in total. The van der Waals surface area contributed by atoms with E-state index in [0.29, 0.717) is 0 Å². The Labute approximate surface area is 139 Å². The number of nitrogens with zero attached hydrogens (tertiary/aromatic N) is 4. The third-order valence-corrected chi connectivity index (χ3v) is 4.18. The average molecular weight is 336 g/mol. The topological polar surface area (TPSA) is 13.0 Å². The average Bonchev–Trinajstić information content (AvgIpc) is 2.30. The molecule has 1 heterocycles. The Morgan fingerprint density at radius 2 is 0.800 bits per heavy atom. The Morgan fingerprint density at radius 1 is 0.550 bits per heavy atom. The van der Waals surface area contributed by atoms with Crippen molar-refractivity contribution in [1.82, 2.24) is 19.6 Å². The van der Waals surface area contributed by atoms with E-state index in [1.807, 2.05) is 0 Å². The molecular weight excluding hydrogens is 302 g/mol. The summed E-state index contributed by atoms with van der Waals surface area (Å²) in [6, 6.07) is 0. The Balaban J connectivity index is 0.00000361. The van der Waals surface area contributed by atoms with E-state index in [2.05, 4.69) is 61.5 Å². The predicted molar refractivity (Wildman–Crippen MR) is 83.8 cm³/mol. The largest absolute Gasteiger partial charge is 0.304 e. The maximum absolute atomic E-state index is 2.62. The molecule has 0 unspecified atom stereocenters. The van der Waals surface area contributed by atoms with Gasteiger partial charge >= 0.3 is 0 Å². The van der Waals surface area contributed by atoms with Crippen molar-refractivity contribution in [3.05, 3.63) is 0 Å². The minimum absolute atomic E-state index is 0. The minimum atomic E-state index is 0. The molecule has 5 heteroatoms. The molecule has 20 heavy (non-hydrogen) atoms. The van der Waals surface area contributed by atoms with Gasteiger partial charge in [-0.1, -0.05) is 0 Å². The SMILES string of the molecule is CN1CCN(C)CCN(C(C)(C)C)CCN(C)CC1.[Zn]. The van der Waals surface area contributed by atoms with Crippen LogP contribution in [0.1, 0.15) is 20.8 Å². The van der Waals surface area contributed by atoms with E-state index >= 15 is 0 Å². The van der Waals surface area contributed by atoms with Gasteiger partial charge in [0.1, 0.15) is 0 Å². The van der Waals surface area contributed by atoms with Crippen LogP contribution in [0, 0.1) is 0 Å². The molecule has 4 nitrogen and oxygen atoms in total. The molecule has 0 aromatic rings. The van der Waals surface area contributed by atoms with E-state index in [4.69, 9.17) is 0 Å². The summed E-state index contributed by atoms with van der Waals surface area (Å²) >= 11 is 0. The zero-order chi connectivity index (χ0) is 14.5. The molecule has 0 spiro atoms. The molecule has 1 aliphatic heterocycles. The molecule has 0 aromatic carbocycles. The van der Waals surface area contributed by atoms with Crippen LogP contribution < -0.4 is 0 Å². The third-order valence-electron chi connectivity index (χ3n) is 4.18. The number of hydrogen-bond donors (Lipinski definition) is 0. The van der Waals surface area contributed by atoms with Crippen LogP contribution in [0.2, 0.25) is 0 Å². The summed E-state index contributed by atoms with van der Waals surface area (Å²) in [7, 11) is 6.72. The zero-order valence-corrected chi connectivity index (χ0v) is 17.6. The second-order valence-electron chi connectivity index (χ2n) is 7.07. The van der Waals surface area contributed by atoms with Gasteiger partial charge in [-0.2, -0.15) is 0 Å². The van der Waals surface area contributed by atoms with Gasteiger partial charge in [-0.05, 0) is 41.9 Å². The van der Waals surface area contributed by atoms with Gasteiger partial charge in [0.2, 0.25) is 0 Å². The fourth-order valence-corrected chi connectivity index (χ4v) is 2.38. The summed E-state index contributed by atoms with van der Waals surface area (Å²) in [4.78, 5) is 9.97. The standard InChI is InChI=1S/C15H34N4.Zn/c1-15(2,3)19-13-11-17(5)9-7-16(4)8-10-18(6)12-14-19;/h7-14H2,1-6H3;.